The van der Waals surface area contributed by atoms with Crippen LogP contribution in [-0.4, -0.2) is 17.2 Å². The zero-order valence-corrected chi connectivity index (χ0v) is 12.7. The van der Waals surface area contributed by atoms with Gasteiger partial charge in [-0.2, -0.15) is 5.10 Å². The molecule has 0 saturated carbocycles. The number of fused-ring (bicyclic) bond motifs is 1. The van der Waals surface area contributed by atoms with Crippen LogP contribution in [0.4, 0.5) is 4.39 Å². The van der Waals surface area contributed by atoms with E-state index in [-0.39, 0.29) is 11.0 Å². The van der Waals surface area contributed by atoms with Crippen molar-refractivity contribution >= 4 is 34.7 Å². The van der Waals surface area contributed by atoms with Crippen LogP contribution in [0.3, 0.4) is 0 Å². The zero-order valence-electron chi connectivity index (χ0n) is 11.9. The number of aromatic nitrogens is 1. The van der Waals surface area contributed by atoms with Gasteiger partial charge in [-0.1, -0.05) is 29.8 Å². The van der Waals surface area contributed by atoms with Gasteiger partial charge in [-0.15, -0.1) is 5.10 Å². The van der Waals surface area contributed by atoms with Crippen molar-refractivity contribution in [2.24, 2.45) is 21.7 Å². The molecule has 0 aliphatic rings. The first-order chi connectivity index (χ1) is 11.1. The van der Waals surface area contributed by atoms with Gasteiger partial charge in [-0.25, -0.2) is 4.39 Å². The molecule has 3 aromatic rings. The largest absolute Gasteiger partial charge is 0.369 e. The first-order valence-electron chi connectivity index (χ1n) is 6.74. The van der Waals surface area contributed by atoms with Crippen molar-refractivity contribution in [1.29, 1.82) is 0 Å². The summed E-state index contributed by atoms with van der Waals surface area (Å²) < 4.78 is 13.4. The van der Waals surface area contributed by atoms with Crippen molar-refractivity contribution in [2.75, 3.05) is 0 Å². The summed E-state index contributed by atoms with van der Waals surface area (Å²) in [4.78, 5) is 3.28. The predicted octanol–water partition coefficient (Wildman–Crippen LogP) is 3.23. The van der Waals surface area contributed by atoms with Gasteiger partial charge in [0.1, 0.15) is 5.82 Å². The third-order valence-corrected chi connectivity index (χ3v) is 3.60. The summed E-state index contributed by atoms with van der Waals surface area (Å²) >= 11 is 5.88. The third-order valence-electron chi connectivity index (χ3n) is 3.31. The first kappa shape index (κ1) is 15.1. The molecule has 3 rings (SSSR count). The number of benzene rings is 2. The molecule has 0 atom stereocenters. The highest BCUT2D eigenvalue weighted by atomic mass is 35.5. The van der Waals surface area contributed by atoms with Gasteiger partial charge in [-0.3, -0.25) is 0 Å². The maximum absolute atomic E-state index is 13.4. The highest BCUT2D eigenvalue weighted by Gasteiger charge is 2.13. The molecule has 5 nitrogen and oxygen atoms in total. The average Bonchev–Trinajstić information content (AvgIpc) is 2.89. The molecule has 0 aliphatic carbocycles. The van der Waals surface area contributed by atoms with Gasteiger partial charge < -0.3 is 16.5 Å². The second-order valence-corrected chi connectivity index (χ2v) is 5.26. The Labute approximate surface area is 136 Å². The minimum atomic E-state index is -0.470. The Bertz CT molecular complexity index is 925. The summed E-state index contributed by atoms with van der Waals surface area (Å²) in [6, 6.07) is 12.2. The van der Waals surface area contributed by atoms with E-state index in [0.717, 1.165) is 27.7 Å². The van der Waals surface area contributed by atoms with Gasteiger partial charge in [0.15, 0.2) is 0 Å². The maximum Gasteiger partial charge on any atom is 0.211 e. The summed E-state index contributed by atoms with van der Waals surface area (Å²) in [5.41, 5.74) is 13.7. The number of hydrogen-bond donors (Lipinski definition) is 3. The molecule has 5 N–H and O–H groups in total. The molecule has 1 heterocycles. The minimum absolute atomic E-state index is 0.0493. The molecular weight excluding hydrogens is 317 g/mol. The normalized spacial score (nSPS) is 11.2. The molecule has 116 valence electrons. The fraction of sp³-hybridized carbons (Fsp3) is 0. The molecule has 0 amide bonds. The van der Waals surface area contributed by atoms with E-state index in [0.29, 0.717) is 0 Å². The van der Waals surface area contributed by atoms with Crippen molar-refractivity contribution < 1.29 is 4.39 Å². The lowest BCUT2D eigenvalue weighted by molar-refractivity contribution is 0.628. The number of aromatic amines is 1. The van der Waals surface area contributed by atoms with E-state index in [9.17, 15) is 4.39 Å². The summed E-state index contributed by atoms with van der Waals surface area (Å²) in [7, 11) is 0. The summed E-state index contributed by atoms with van der Waals surface area (Å²) in [5, 5.41) is 8.48. The third kappa shape index (κ3) is 3.02. The van der Waals surface area contributed by atoms with Gasteiger partial charge >= 0.3 is 0 Å². The van der Waals surface area contributed by atoms with Crippen molar-refractivity contribution in [3.63, 3.8) is 0 Å². The molecule has 23 heavy (non-hydrogen) atoms. The number of H-pyrrole nitrogens is 1. The highest BCUT2D eigenvalue weighted by molar-refractivity contribution is 6.31. The second kappa shape index (κ2) is 6.10. The van der Waals surface area contributed by atoms with Crippen LogP contribution in [0.5, 0.6) is 0 Å². The minimum Gasteiger partial charge on any atom is -0.369 e. The van der Waals surface area contributed by atoms with E-state index in [1.54, 1.807) is 18.3 Å². The molecule has 0 saturated heterocycles. The van der Waals surface area contributed by atoms with E-state index in [4.69, 9.17) is 23.1 Å². The Morgan fingerprint density at radius 2 is 1.96 bits per heavy atom. The SMILES string of the molecule is NC(N)=NN=Cc1c(-c2ccc(F)c(Cl)c2)[nH]c2ccccc12. The number of nitrogens with two attached hydrogens (primary N) is 2. The van der Waals surface area contributed by atoms with Gasteiger partial charge in [0.05, 0.1) is 16.9 Å². The van der Waals surface area contributed by atoms with E-state index in [2.05, 4.69) is 15.2 Å². The second-order valence-electron chi connectivity index (χ2n) is 4.86. The van der Waals surface area contributed by atoms with E-state index in [1.807, 2.05) is 24.3 Å². The number of halogens is 2. The smallest absolute Gasteiger partial charge is 0.211 e. The standard InChI is InChI=1S/C16H13ClFN5/c17-12-7-9(5-6-13(12)18)15-11(8-21-23-16(19)20)10-3-1-2-4-14(10)22-15/h1-8,22H,(H4,19,20,23). The van der Waals surface area contributed by atoms with Crippen molar-refractivity contribution in [2.45, 2.75) is 0 Å². The van der Waals surface area contributed by atoms with Gasteiger partial charge in [0, 0.05) is 22.0 Å². The quantitative estimate of drug-likeness (QED) is 0.391. The van der Waals surface area contributed by atoms with Crippen molar-refractivity contribution in [3.8, 4) is 11.3 Å². The molecule has 0 aliphatic heterocycles. The molecule has 0 unspecified atom stereocenters. The van der Waals surface area contributed by atoms with Gasteiger partial charge in [-0.05, 0) is 24.3 Å². The predicted molar refractivity (Wildman–Crippen MR) is 92.1 cm³/mol. The number of nitrogens with one attached hydrogen (secondary N) is 1. The van der Waals surface area contributed by atoms with Crippen LogP contribution in [0.15, 0.2) is 52.7 Å². The Balaban J connectivity index is 2.20. The van der Waals surface area contributed by atoms with Crippen LogP contribution in [0.1, 0.15) is 5.56 Å². The number of hydrogen-bond acceptors (Lipinski definition) is 2. The van der Waals surface area contributed by atoms with E-state index < -0.39 is 5.82 Å². The van der Waals surface area contributed by atoms with Crippen LogP contribution >= 0.6 is 11.6 Å². The number of guanidine groups is 1. The van der Waals surface area contributed by atoms with Crippen LogP contribution in [0, 0.1) is 5.82 Å². The topological polar surface area (TPSA) is 92.6 Å². The van der Waals surface area contributed by atoms with Crippen LogP contribution in [0.25, 0.3) is 22.2 Å². The Morgan fingerprint density at radius 1 is 1.17 bits per heavy atom. The summed E-state index contributed by atoms with van der Waals surface area (Å²) in [6.45, 7) is 0. The molecule has 0 bridgehead atoms. The monoisotopic (exact) mass is 329 g/mol. The number of para-hydroxylation sites is 1. The van der Waals surface area contributed by atoms with E-state index in [1.165, 1.54) is 6.07 Å². The Hall–Kier alpha value is -2.86. The molecule has 0 radical (unpaired) electrons. The molecule has 0 fully saturated rings. The first-order valence-corrected chi connectivity index (χ1v) is 7.12. The zero-order chi connectivity index (χ0) is 16.4. The lowest BCUT2D eigenvalue weighted by Crippen LogP contribution is -2.21. The van der Waals surface area contributed by atoms with Crippen LogP contribution < -0.4 is 11.5 Å². The van der Waals surface area contributed by atoms with E-state index >= 15 is 0 Å². The van der Waals surface area contributed by atoms with Crippen LogP contribution in [0.2, 0.25) is 5.02 Å². The Morgan fingerprint density at radius 3 is 2.70 bits per heavy atom. The molecular formula is C16H13ClFN5. The lowest BCUT2D eigenvalue weighted by atomic mass is 10.1. The molecule has 0 spiro atoms. The van der Waals surface area contributed by atoms with Gasteiger partial charge in [0.2, 0.25) is 5.96 Å². The van der Waals surface area contributed by atoms with Gasteiger partial charge in [0.25, 0.3) is 0 Å². The highest BCUT2D eigenvalue weighted by Crippen LogP contribution is 2.31. The Kier molecular flexibility index (Phi) is 3.99. The fourth-order valence-corrected chi connectivity index (χ4v) is 2.51. The lowest BCUT2D eigenvalue weighted by Gasteiger charge is -2.02. The summed E-state index contributed by atoms with van der Waals surface area (Å²) in [6.07, 6.45) is 1.55. The van der Waals surface area contributed by atoms with Crippen molar-refractivity contribution in [1.82, 2.24) is 4.98 Å². The average molecular weight is 330 g/mol. The van der Waals surface area contributed by atoms with Crippen molar-refractivity contribution in [3.05, 3.63) is 58.9 Å². The fourth-order valence-electron chi connectivity index (χ4n) is 2.33. The van der Waals surface area contributed by atoms with Crippen LogP contribution in [-0.2, 0) is 0 Å². The maximum atomic E-state index is 13.4. The number of nitrogens with zero attached hydrogens (tertiary/aromatic N) is 2. The molecule has 1 aromatic heterocycles. The molecule has 2 aromatic carbocycles. The summed E-state index contributed by atoms with van der Waals surface area (Å²) in [5.74, 6) is -0.602. The number of rotatable bonds is 3. The molecule has 7 heteroatoms.